The Balaban J connectivity index is 2.40. The number of nitrogens with one attached hydrogen (secondary N) is 1. The molecule has 3 N–H and O–H groups in total. The Bertz CT molecular complexity index is 662. The summed E-state index contributed by atoms with van der Waals surface area (Å²) in [6, 6.07) is 10.3. The third-order valence-corrected chi connectivity index (χ3v) is 3.54. The van der Waals surface area contributed by atoms with E-state index in [4.69, 9.17) is 22.1 Å². The number of hydrogen-bond donors (Lipinski definition) is 2. The SMILES string of the molecule is COC(=O)c1cc(N)ccc1Nc1ccc(Cl)cc1Br. The Kier molecular flexibility index (Phi) is 4.52. The number of nitrogen functional groups attached to an aromatic ring is 1. The summed E-state index contributed by atoms with van der Waals surface area (Å²) in [5, 5.41) is 3.77. The van der Waals surface area contributed by atoms with Crippen molar-refractivity contribution in [2.24, 2.45) is 0 Å². The number of anilines is 3. The van der Waals surface area contributed by atoms with Crippen molar-refractivity contribution in [2.45, 2.75) is 0 Å². The zero-order valence-electron chi connectivity index (χ0n) is 10.6. The third-order valence-electron chi connectivity index (χ3n) is 2.65. The quantitative estimate of drug-likeness (QED) is 0.639. The fraction of sp³-hybridized carbons (Fsp3) is 0.0714. The molecule has 0 aliphatic rings. The Hall–Kier alpha value is -1.72. The Labute approximate surface area is 130 Å². The van der Waals surface area contributed by atoms with Crippen molar-refractivity contribution in [3.05, 3.63) is 51.5 Å². The Morgan fingerprint density at radius 1 is 1.25 bits per heavy atom. The van der Waals surface area contributed by atoms with Crippen molar-refractivity contribution in [3.63, 3.8) is 0 Å². The van der Waals surface area contributed by atoms with Gasteiger partial charge in [-0.2, -0.15) is 0 Å². The first-order valence-corrected chi connectivity index (χ1v) is 6.88. The maximum atomic E-state index is 11.8. The van der Waals surface area contributed by atoms with E-state index in [0.29, 0.717) is 22.0 Å². The van der Waals surface area contributed by atoms with Gasteiger partial charge in [0.2, 0.25) is 0 Å². The molecule has 2 aromatic carbocycles. The fourth-order valence-corrected chi connectivity index (χ4v) is 2.47. The van der Waals surface area contributed by atoms with E-state index in [0.717, 1.165) is 10.2 Å². The lowest BCUT2D eigenvalue weighted by molar-refractivity contribution is 0.0602. The van der Waals surface area contributed by atoms with E-state index < -0.39 is 5.97 Å². The predicted molar refractivity (Wildman–Crippen MR) is 84.6 cm³/mol. The van der Waals surface area contributed by atoms with Gasteiger partial charge in [0.1, 0.15) is 0 Å². The lowest BCUT2D eigenvalue weighted by Crippen LogP contribution is -2.06. The van der Waals surface area contributed by atoms with E-state index in [1.54, 1.807) is 30.3 Å². The summed E-state index contributed by atoms with van der Waals surface area (Å²) in [6.07, 6.45) is 0. The maximum absolute atomic E-state index is 11.8. The topological polar surface area (TPSA) is 64.3 Å². The Morgan fingerprint density at radius 2 is 1.95 bits per heavy atom. The molecule has 0 radical (unpaired) electrons. The summed E-state index contributed by atoms with van der Waals surface area (Å²) in [5.41, 5.74) is 7.95. The molecule has 0 aliphatic heterocycles. The molecule has 0 aromatic heterocycles. The van der Waals surface area contributed by atoms with Crippen molar-refractivity contribution in [3.8, 4) is 0 Å². The molecule has 0 spiro atoms. The average molecular weight is 356 g/mol. The molecule has 0 saturated heterocycles. The van der Waals surface area contributed by atoms with Crippen LogP contribution in [0, 0.1) is 0 Å². The van der Waals surface area contributed by atoms with Crippen LogP contribution in [-0.4, -0.2) is 13.1 Å². The summed E-state index contributed by atoms with van der Waals surface area (Å²) in [6.45, 7) is 0. The van der Waals surface area contributed by atoms with Crippen LogP contribution in [-0.2, 0) is 4.74 Å². The monoisotopic (exact) mass is 354 g/mol. The second kappa shape index (κ2) is 6.15. The van der Waals surface area contributed by atoms with Gasteiger partial charge in [-0.3, -0.25) is 0 Å². The highest BCUT2D eigenvalue weighted by Gasteiger charge is 2.13. The minimum atomic E-state index is -0.454. The van der Waals surface area contributed by atoms with Crippen molar-refractivity contribution in [2.75, 3.05) is 18.2 Å². The number of esters is 1. The molecule has 0 heterocycles. The van der Waals surface area contributed by atoms with Gasteiger partial charge >= 0.3 is 5.97 Å². The lowest BCUT2D eigenvalue weighted by Gasteiger charge is -2.13. The van der Waals surface area contributed by atoms with Gasteiger partial charge in [-0.15, -0.1) is 0 Å². The highest BCUT2D eigenvalue weighted by atomic mass is 79.9. The molecule has 4 nitrogen and oxygen atoms in total. The predicted octanol–water partition coefficient (Wildman–Crippen LogP) is 4.21. The van der Waals surface area contributed by atoms with E-state index in [1.807, 2.05) is 6.07 Å². The molecule has 2 rings (SSSR count). The minimum Gasteiger partial charge on any atom is -0.465 e. The molecule has 20 heavy (non-hydrogen) atoms. The largest absolute Gasteiger partial charge is 0.465 e. The first-order chi connectivity index (χ1) is 9.51. The van der Waals surface area contributed by atoms with Crippen LogP contribution >= 0.6 is 27.5 Å². The Morgan fingerprint density at radius 3 is 2.60 bits per heavy atom. The smallest absolute Gasteiger partial charge is 0.340 e. The van der Waals surface area contributed by atoms with Gasteiger partial charge in [-0.1, -0.05) is 11.6 Å². The van der Waals surface area contributed by atoms with Gasteiger partial charge in [0.25, 0.3) is 0 Å². The fourth-order valence-electron chi connectivity index (χ4n) is 1.69. The molecule has 0 saturated carbocycles. The first-order valence-electron chi connectivity index (χ1n) is 5.71. The number of hydrogen-bond acceptors (Lipinski definition) is 4. The van der Waals surface area contributed by atoms with Crippen molar-refractivity contribution in [1.29, 1.82) is 0 Å². The number of ether oxygens (including phenoxy) is 1. The summed E-state index contributed by atoms with van der Waals surface area (Å²) in [7, 11) is 1.33. The molecular weight excluding hydrogens is 344 g/mol. The standard InChI is InChI=1S/C14H12BrClN2O2/c1-20-14(19)10-7-9(17)3-5-12(10)18-13-4-2-8(16)6-11(13)15/h2-7,18H,17H2,1H3. The van der Waals surface area contributed by atoms with Gasteiger partial charge in [-0.25, -0.2) is 4.79 Å². The van der Waals surface area contributed by atoms with E-state index in [9.17, 15) is 4.79 Å². The van der Waals surface area contributed by atoms with E-state index in [1.165, 1.54) is 7.11 Å². The summed E-state index contributed by atoms with van der Waals surface area (Å²) in [4.78, 5) is 11.8. The number of halogens is 2. The zero-order chi connectivity index (χ0) is 14.7. The minimum absolute atomic E-state index is 0.370. The van der Waals surface area contributed by atoms with Crippen LogP contribution in [0.3, 0.4) is 0 Å². The first kappa shape index (κ1) is 14.7. The number of nitrogens with two attached hydrogens (primary N) is 1. The van der Waals surface area contributed by atoms with E-state index >= 15 is 0 Å². The zero-order valence-corrected chi connectivity index (χ0v) is 13.0. The maximum Gasteiger partial charge on any atom is 0.340 e. The average Bonchev–Trinajstić information content (AvgIpc) is 2.42. The second-order valence-corrected chi connectivity index (χ2v) is 5.34. The van der Waals surface area contributed by atoms with Crippen LogP contribution in [0.2, 0.25) is 5.02 Å². The summed E-state index contributed by atoms with van der Waals surface area (Å²) in [5.74, 6) is -0.454. The van der Waals surface area contributed by atoms with Crippen LogP contribution in [0.1, 0.15) is 10.4 Å². The van der Waals surface area contributed by atoms with Gasteiger partial charge in [0, 0.05) is 15.2 Å². The normalized spacial score (nSPS) is 10.2. The van der Waals surface area contributed by atoms with Crippen molar-refractivity contribution < 1.29 is 9.53 Å². The van der Waals surface area contributed by atoms with Gasteiger partial charge in [0.05, 0.1) is 24.0 Å². The summed E-state index contributed by atoms with van der Waals surface area (Å²) < 4.78 is 5.54. The molecule has 0 bridgehead atoms. The van der Waals surface area contributed by atoms with Crippen LogP contribution < -0.4 is 11.1 Å². The van der Waals surface area contributed by atoms with Crippen molar-refractivity contribution in [1.82, 2.24) is 0 Å². The highest BCUT2D eigenvalue weighted by Crippen LogP contribution is 2.30. The van der Waals surface area contributed by atoms with Crippen LogP contribution in [0.25, 0.3) is 0 Å². The van der Waals surface area contributed by atoms with Crippen LogP contribution in [0.4, 0.5) is 17.1 Å². The van der Waals surface area contributed by atoms with E-state index in [2.05, 4.69) is 21.2 Å². The van der Waals surface area contributed by atoms with Gasteiger partial charge in [-0.05, 0) is 52.3 Å². The molecule has 0 atom stereocenters. The molecular formula is C14H12BrClN2O2. The third kappa shape index (κ3) is 3.23. The number of carbonyl (C=O) groups is 1. The van der Waals surface area contributed by atoms with E-state index in [-0.39, 0.29) is 0 Å². The van der Waals surface area contributed by atoms with Crippen LogP contribution in [0.15, 0.2) is 40.9 Å². The molecule has 0 unspecified atom stereocenters. The molecule has 0 aliphatic carbocycles. The second-order valence-electron chi connectivity index (χ2n) is 4.05. The molecule has 6 heteroatoms. The van der Waals surface area contributed by atoms with Crippen molar-refractivity contribution >= 4 is 50.6 Å². The number of benzene rings is 2. The van der Waals surface area contributed by atoms with Gasteiger partial charge < -0.3 is 15.8 Å². The number of rotatable bonds is 3. The lowest BCUT2D eigenvalue weighted by atomic mass is 10.1. The molecule has 0 amide bonds. The highest BCUT2D eigenvalue weighted by molar-refractivity contribution is 9.10. The number of carbonyl (C=O) groups excluding carboxylic acids is 1. The molecule has 104 valence electrons. The molecule has 0 fully saturated rings. The van der Waals surface area contributed by atoms with Crippen LogP contribution in [0.5, 0.6) is 0 Å². The number of methoxy groups -OCH3 is 1. The van der Waals surface area contributed by atoms with Gasteiger partial charge in [0.15, 0.2) is 0 Å². The summed E-state index contributed by atoms with van der Waals surface area (Å²) >= 11 is 9.31. The molecule has 2 aromatic rings.